The van der Waals surface area contributed by atoms with Crippen molar-refractivity contribution in [3.8, 4) is 0 Å². The minimum absolute atomic E-state index is 0.0521. The Balaban J connectivity index is 2.43. The maximum Gasteiger partial charge on any atom is 0.239 e. The van der Waals surface area contributed by atoms with E-state index in [0.717, 1.165) is 30.7 Å². The largest absolute Gasteiger partial charge is 0.358 e. The first-order valence-electron chi connectivity index (χ1n) is 7.10. The Morgan fingerprint density at radius 2 is 2.19 bits per heavy atom. The van der Waals surface area contributed by atoms with Gasteiger partial charge in [0.05, 0.1) is 18.1 Å². The van der Waals surface area contributed by atoms with Gasteiger partial charge in [-0.15, -0.1) is 0 Å². The van der Waals surface area contributed by atoms with E-state index in [1.807, 2.05) is 11.8 Å². The van der Waals surface area contributed by atoms with Crippen LogP contribution in [-0.2, 0) is 4.79 Å². The molecule has 3 N–H and O–H groups in total. The van der Waals surface area contributed by atoms with Crippen molar-refractivity contribution < 1.29 is 4.79 Å². The van der Waals surface area contributed by atoms with Gasteiger partial charge in [0.25, 0.3) is 0 Å². The Morgan fingerprint density at radius 1 is 1.38 bits per heavy atom. The topological polar surface area (TPSA) is 98.8 Å². The molecule has 0 saturated carbocycles. The van der Waals surface area contributed by atoms with E-state index < -0.39 is 0 Å². The summed E-state index contributed by atoms with van der Waals surface area (Å²) in [4.78, 5) is 22.6. The lowest BCUT2D eigenvalue weighted by atomic mass is 10.3. The highest BCUT2D eigenvalue weighted by molar-refractivity contribution is 5.90. The average molecular weight is 291 g/mol. The molecule has 0 aliphatic rings. The molecule has 0 aromatic carbocycles. The van der Waals surface area contributed by atoms with E-state index in [1.54, 1.807) is 13.2 Å². The summed E-state index contributed by atoms with van der Waals surface area (Å²) < 4.78 is 0. The summed E-state index contributed by atoms with van der Waals surface area (Å²) in [6, 6.07) is 0. The zero-order valence-corrected chi connectivity index (χ0v) is 12.6. The van der Waals surface area contributed by atoms with E-state index in [2.05, 4.69) is 37.7 Å². The molecular weight excluding hydrogens is 270 g/mol. The molecule has 0 unspecified atom stereocenters. The molecule has 0 atom stereocenters. The highest BCUT2D eigenvalue weighted by Gasteiger charge is 2.17. The molecule has 8 heteroatoms. The molecule has 2 heterocycles. The number of nitrogens with one attached hydrogen (secondary N) is 3. The van der Waals surface area contributed by atoms with Gasteiger partial charge in [-0.2, -0.15) is 15.1 Å². The summed E-state index contributed by atoms with van der Waals surface area (Å²) in [6.07, 6.45) is 2.60. The van der Waals surface area contributed by atoms with Crippen LogP contribution in [0.15, 0.2) is 6.20 Å². The van der Waals surface area contributed by atoms with Crippen LogP contribution in [0.5, 0.6) is 0 Å². The predicted octanol–water partition coefficient (Wildman–Crippen LogP) is 0.747. The summed E-state index contributed by atoms with van der Waals surface area (Å²) in [7, 11) is 1.63. The van der Waals surface area contributed by atoms with Gasteiger partial charge in [0.1, 0.15) is 5.82 Å². The van der Waals surface area contributed by atoms with E-state index in [9.17, 15) is 4.79 Å². The second-order valence-corrected chi connectivity index (χ2v) is 4.63. The second-order valence-electron chi connectivity index (χ2n) is 4.63. The van der Waals surface area contributed by atoms with Crippen molar-refractivity contribution in [3.63, 3.8) is 0 Å². The van der Waals surface area contributed by atoms with Crippen molar-refractivity contribution in [1.82, 2.24) is 25.5 Å². The Bertz CT molecular complexity index is 610. The molecule has 0 aliphatic carbocycles. The number of amides is 1. The van der Waals surface area contributed by atoms with Gasteiger partial charge < -0.3 is 15.5 Å². The van der Waals surface area contributed by atoms with Crippen LogP contribution in [0.2, 0.25) is 0 Å². The first-order chi connectivity index (χ1) is 10.2. The number of nitrogens with zero attached hydrogens (tertiary/aromatic N) is 4. The van der Waals surface area contributed by atoms with E-state index >= 15 is 0 Å². The quantitative estimate of drug-likeness (QED) is 0.696. The molecule has 8 nitrogen and oxygen atoms in total. The Hall–Kier alpha value is -2.38. The minimum Gasteiger partial charge on any atom is -0.358 e. The smallest absolute Gasteiger partial charge is 0.239 e. The summed E-state index contributed by atoms with van der Waals surface area (Å²) in [5.74, 6) is 1.20. The van der Waals surface area contributed by atoms with Crippen LogP contribution < -0.4 is 15.5 Å². The SMILES string of the molecule is CCCN(CC(=O)NC)c1nc(NCC)nc2[nH]ncc12. The van der Waals surface area contributed by atoms with Crippen LogP contribution in [0.3, 0.4) is 0 Å². The number of hydrogen-bond donors (Lipinski definition) is 3. The molecule has 2 aromatic heterocycles. The number of rotatable bonds is 7. The molecule has 0 bridgehead atoms. The Kier molecular flexibility index (Phi) is 4.91. The van der Waals surface area contributed by atoms with Crippen LogP contribution in [0, 0.1) is 0 Å². The van der Waals surface area contributed by atoms with Crippen molar-refractivity contribution in [1.29, 1.82) is 0 Å². The van der Waals surface area contributed by atoms with Gasteiger partial charge in [-0.25, -0.2) is 0 Å². The molecule has 0 saturated heterocycles. The van der Waals surface area contributed by atoms with E-state index in [1.165, 1.54) is 0 Å². The van der Waals surface area contributed by atoms with Gasteiger partial charge >= 0.3 is 0 Å². The number of H-pyrrole nitrogens is 1. The normalized spacial score (nSPS) is 10.6. The Morgan fingerprint density at radius 3 is 2.86 bits per heavy atom. The minimum atomic E-state index is -0.0521. The van der Waals surface area contributed by atoms with Crippen molar-refractivity contribution in [2.24, 2.45) is 0 Å². The number of carbonyl (C=O) groups excluding carboxylic acids is 1. The number of likely N-dealkylation sites (N-methyl/N-ethyl adjacent to an activating group) is 1. The van der Waals surface area contributed by atoms with Crippen molar-refractivity contribution >= 4 is 28.7 Å². The molecule has 0 spiro atoms. The first kappa shape index (κ1) is 15.0. The lowest BCUT2D eigenvalue weighted by Gasteiger charge is -2.23. The maximum absolute atomic E-state index is 11.7. The summed E-state index contributed by atoms with van der Waals surface area (Å²) in [5, 5.41) is 13.4. The first-order valence-corrected chi connectivity index (χ1v) is 7.10. The fraction of sp³-hybridized carbons (Fsp3) is 0.538. The molecule has 0 radical (unpaired) electrons. The van der Waals surface area contributed by atoms with E-state index in [4.69, 9.17) is 0 Å². The lowest BCUT2D eigenvalue weighted by molar-refractivity contribution is -0.119. The third-order valence-electron chi connectivity index (χ3n) is 3.03. The fourth-order valence-electron chi connectivity index (χ4n) is 2.08. The van der Waals surface area contributed by atoms with Gasteiger partial charge in [0.15, 0.2) is 5.65 Å². The third-order valence-corrected chi connectivity index (χ3v) is 3.03. The zero-order valence-electron chi connectivity index (χ0n) is 12.6. The molecule has 2 rings (SSSR count). The summed E-state index contributed by atoms with van der Waals surface area (Å²) in [5.41, 5.74) is 0.661. The number of fused-ring (bicyclic) bond motifs is 1. The van der Waals surface area contributed by atoms with Gasteiger partial charge in [-0.1, -0.05) is 6.92 Å². The van der Waals surface area contributed by atoms with E-state index in [0.29, 0.717) is 11.6 Å². The number of anilines is 2. The number of carbonyl (C=O) groups is 1. The molecule has 114 valence electrons. The summed E-state index contributed by atoms with van der Waals surface area (Å²) >= 11 is 0. The molecular formula is C13H21N7O. The standard InChI is InChI=1S/C13H21N7O/c1-4-6-20(8-10(21)14-3)12-9-7-16-19-11(9)17-13(18-12)15-5-2/h7H,4-6,8H2,1-3H3,(H,14,21)(H2,15,16,17,18,19). The van der Waals surface area contributed by atoms with Gasteiger partial charge in [0, 0.05) is 20.1 Å². The monoisotopic (exact) mass is 291 g/mol. The number of hydrogen-bond acceptors (Lipinski definition) is 6. The zero-order chi connectivity index (χ0) is 15.2. The second kappa shape index (κ2) is 6.87. The molecule has 1 amide bonds. The van der Waals surface area contributed by atoms with Crippen LogP contribution >= 0.6 is 0 Å². The van der Waals surface area contributed by atoms with Crippen molar-refractivity contribution in [2.75, 3.05) is 36.9 Å². The van der Waals surface area contributed by atoms with Gasteiger partial charge in [-0.05, 0) is 13.3 Å². The fourth-order valence-corrected chi connectivity index (χ4v) is 2.08. The van der Waals surface area contributed by atoms with Gasteiger partial charge in [0.2, 0.25) is 11.9 Å². The molecule has 0 aliphatic heterocycles. The van der Waals surface area contributed by atoms with Crippen molar-refractivity contribution in [2.45, 2.75) is 20.3 Å². The van der Waals surface area contributed by atoms with Crippen LogP contribution in [0.25, 0.3) is 11.0 Å². The van der Waals surface area contributed by atoms with E-state index in [-0.39, 0.29) is 12.5 Å². The number of aromatic nitrogens is 4. The lowest BCUT2D eigenvalue weighted by Crippen LogP contribution is -2.36. The predicted molar refractivity (Wildman–Crippen MR) is 82.4 cm³/mol. The maximum atomic E-state index is 11.7. The summed E-state index contributed by atoms with van der Waals surface area (Å²) in [6.45, 7) is 5.76. The molecule has 21 heavy (non-hydrogen) atoms. The van der Waals surface area contributed by atoms with Gasteiger partial charge in [-0.3, -0.25) is 9.89 Å². The molecule has 0 fully saturated rings. The highest BCUT2D eigenvalue weighted by atomic mass is 16.1. The highest BCUT2D eigenvalue weighted by Crippen LogP contribution is 2.23. The van der Waals surface area contributed by atoms with Crippen LogP contribution in [0.1, 0.15) is 20.3 Å². The number of aromatic amines is 1. The van der Waals surface area contributed by atoms with Crippen molar-refractivity contribution in [3.05, 3.63) is 6.20 Å². The molecule has 2 aromatic rings. The third kappa shape index (κ3) is 3.39. The average Bonchev–Trinajstić information content (AvgIpc) is 2.94. The van der Waals surface area contributed by atoms with Crippen LogP contribution in [0.4, 0.5) is 11.8 Å². The van der Waals surface area contributed by atoms with Crippen LogP contribution in [-0.4, -0.2) is 52.8 Å². The Labute approximate surface area is 123 Å².